The SMILES string of the molecule is O[C@@H]1CCC[C@@H]1Cl. The van der Waals surface area contributed by atoms with E-state index in [1.807, 2.05) is 0 Å². The maximum Gasteiger partial charge on any atom is 0.0703 e. The van der Waals surface area contributed by atoms with Gasteiger partial charge in [-0.1, -0.05) is 0 Å². The highest BCUT2D eigenvalue weighted by Gasteiger charge is 2.21. The maximum atomic E-state index is 8.87. The van der Waals surface area contributed by atoms with Crippen LogP contribution in [0.4, 0.5) is 0 Å². The molecule has 0 aromatic heterocycles. The second kappa shape index (κ2) is 2.01. The smallest absolute Gasteiger partial charge is 0.0703 e. The molecule has 0 aromatic rings. The fourth-order valence-corrected chi connectivity index (χ4v) is 1.18. The standard InChI is InChI=1S/C5H9ClO/c6-4-2-1-3-5(4)7/h4-5,7H,1-3H2/t4-,5+/m0/s1. The van der Waals surface area contributed by atoms with Crippen LogP contribution in [0.2, 0.25) is 0 Å². The van der Waals surface area contributed by atoms with Gasteiger partial charge in [-0.15, -0.1) is 11.6 Å². The lowest BCUT2D eigenvalue weighted by molar-refractivity contribution is 0.186. The molecule has 0 unspecified atom stereocenters. The first-order valence-corrected chi connectivity index (χ1v) is 3.06. The summed E-state index contributed by atoms with van der Waals surface area (Å²) in [5.41, 5.74) is 0. The van der Waals surface area contributed by atoms with Crippen LogP contribution in [0.1, 0.15) is 19.3 Å². The van der Waals surface area contributed by atoms with Gasteiger partial charge >= 0.3 is 0 Å². The van der Waals surface area contributed by atoms with E-state index in [-0.39, 0.29) is 11.5 Å². The summed E-state index contributed by atoms with van der Waals surface area (Å²) >= 11 is 5.61. The van der Waals surface area contributed by atoms with Gasteiger partial charge in [0.15, 0.2) is 0 Å². The van der Waals surface area contributed by atoms with E-state index in [0.717, 1.165) is 19.3 Å². The Kier molecular flexibility index (Phi) is 1.55. The molecule has 0 aromatic carbocycles. The molecule has 0 spiro atoms. The summed E-state index contributed by atoms with van der Waals surface area (Å²) in [6.07, 6.45) is 2.76. The van der Waals surface area contributed by atoms with Crippen molar-refractivity contribution in [1.29, 1.82) is 0 Å². The first kappa shape index (κ1) is 5.39. The summed E-state index contributed by atoms with van der Waals surface area (Å²) in [6, 6.07) is 0. The molecular formula is C5H9ClO. The summed E-state index contributed by atoms with van der Waals surface area (Å²) in [6.45, 7) is 0. The second-order valence-electron chi connectivity index (χ2n) is 2.01. The Labute approximate surface area is 48.3 Å². The van der Waals surface area contributed by atoms with Crippen molar-refractivity contribution >= 4 is 11.6 Å². The molecule has 2 heteroatoms. The Morgan fingerprint density at radius 2 is 2.14 bits per heavy atom. The molecule has 42 valence electrons. The summed E-state index contributed by atoms with van der Waals surface area (Å²) in [7, 11) is 0. The van der Waals surface area contributed by atoms with Gasteiger partial charge in [-0.2, -0.15) is 0 Å². The Morgan fingerprint density at radius 3 is 2.29 bits per heavy atom. The number of halogens is 1. The van der Waals surface area contributed by atoms with Crippen LogP contribution >= 0.6 is 11.6 Å². The van der Waals surface area contributed by atoms with Crippen LogP contribution in [-0.4, -0.2) is 16.6 Å². The molecule has 1 rings (SSSR count). The molecule has 1 fully saturated rings. The molecule has 0 radical (unpaired) electrons. The molecule has 7 heavy (non-hydrogen) atoms. The molecule has 0 bridgehead atoms. The van der Waals surface area contributed by atoms with Crippen LogP contribution in [0.3, 0.4) is 0 Å². The Bertz CT molecular complexity index is 57.1. The number of hydrogen-bond acceptors (Lipinski definition) is 1. The van der Waals surface area contributed by atoms with Gasteiger partial charge < -0.3 is 5.11 Å². The lowest BCUT2D eigenvalue weighted by atomic mass is 10.3. The second-order valence-corrected chi connectivity index (χ2v) is 2.57. The van der Waals surface area contributed by atoms with Crippen LogP contribution in [0.5, 0.6) is 0 Å². The van der Waals surface area contributed by atoms with E-state index in [9.17, 15) is 0 Å². The van der Waals surface area contributed by atoms with Crippen molar-refractivity contribution in [3.8, 4) is 0 Å². The van der Waals surface area contributed by atoms with Crippen LogP contribution in [-0.2, 0) is 0 Å². The van der Waals surface area contributed by atoms with E-state index in [4.69, 9.17) is 16.7 Å². The average molecular weight is 121 g/mol. The number of rotatable bonds is 0. The van der Waals surface area contributed by atoms with E-state index >= 15 is 0 Å². The third kappa shape index (κ3) is 1.07. The predicted octanol–water partition coefficient (Wildman–Crippen LogP) is 1.14. The fourth-order valence-electron chi connectivity index (χ4n) is 0.895. The van der Waals surface area contributed by atoms with Gasteiger partial charge in [0, 0.05) is 0 Å². The van der Waals surface area contributed by atoms with Gasteiger partial charge in [0.25, 0.3) is 0 Å². The number of aliphatic hydroxyl groups is 1. The Balaban J connectivity index is 2.33. The van der Waals surface area contributed by atoms with Crippen molar-refractivity contribution in [2.75, 3.05) is 0 Å². The highest BCUT2D eigenvalue weighted by Crippen LogP contribution is 2.23. The van der Waals surface area contributed by atoms with Crippen LogP contribution in [0.25, 0.3) is 0 Å². The predicted molar refractivity (Wildman–Crippen MR) is 29.5 cm³/mol. The van der Waals surface area contributed by atoms with E-state index in [1.165, 1.54) is 0 Å². The molecule has 0 saturated heterocycles. The summed E-state index contributed by atoms with van der Waals surface area (Å²) in [5.74, 6) is 0. The zero-order valence-corrected chi connectivity index (χ0v) is 4.86. The van der Waals surface area contributed by atoms with Crippen molar-refractivity contribution in [3.63, 3.8) is 0 Å². The molecule has 1 saturated carbocycles. The van der Waals surface area contributed by atoms with Crippen molar-refractivity contribution in [1.82, 2.24) is 0 Å². The van der Waals surface area contributed by atoms with Crippen molar-refractivity contribution in [3.05, 3.63) is 0 Å². The van der Waals surface area contributed by atoms with Crippen molar-refractivity contribution in [2.45, 2.75) is 30.7 Å². The molecule has 0 heterocycles. The highest BCUT2D eigenvalue weighted by molar-refractivity contribution is 6.21. The van der Waals surface area contributed by atoms with E-state index in [0.29, 0.717) is 0 Å². The zero-order chi connectivity index (χ0) is 5.28. The number of hydrogen-bond donors (Lipinski definition) is 1. The lowest BCUT2D eigenvalue weighted by Gasteiger charge is -2.01. The minimum absolute atomic E-state index is 0.0417. The lowest BCUT2D eigenvalue weighted by Crippen LogP contribution is -2.11. The van der Waals surface area contributed by atoms with Gasteiger partial charge in [0.1, 0.15) is 0 Å². The molecular weight excluding hydrogens is 112 g/mol. The molecule has 0 aliphatic heterocycles. The van der Waals surface area contributed by atoms with Crippen LogP contribution < -0.4 is 0 Å². The molecule has 0 amide bonds. The topological polar surface area (TPSA) is 20.2 Å². The Morgan fingerprint density at radius 1 is 1.43 bits per heavy atom. The fraction of sp³-hybridized carbons (Fsp3) is 1.00. The minimum atomic E-state index is -0.221. The van der Waals surface area contributed by atoms with Gasteiger partial charge in [-0.3, -0.25) is 0 Å². The Hall–Kier alpha value is 0.250. The molecule has 1 N–H and O–H groups in total. The molecule has 1 aliphatic rings. The largest absolute Gasteiger partial charge is 0.392 e. The monoisotopic (exact) mass is 120 g/mol. The third-order valence-corrected chi connectivity index (χ3v) is 1.91. The van der Waals surface area contributed by atoms with Crippen LogP contribution in [0.15, 0.2) is 0 Å². The number of aliphatic hydroxyl groups excluding tert-OH is 1. The highest BCUT2D eigenvalue weighted by atomic mass is 35.5. The van der Waals surface area contributed by atoms with E-state index < -0.39 is 0 Å². The average Bonchev–Trinajstić information content (AvgIpc) is 1.91. The molecule has 1 nitrogen and oxygen atoms in total. The first-order valence-electron chi connectivity index (χ1n) is 2.63. The zero-order valence-electron chi connectivity index (χ0n) is 4.10. The van der Waals surface area contributed by atoms with Crippen LogP contribution in [0, 0.1) is 0 Å². The summed E-state index contributed by atoms with van der Waals surface area (Å²) < 4.78 is 0. The maximum absolute atomic E-state index is 8.87. The number of alkyl halides is 1. The van der Waals surface area contributed by atoms with Gasteiger partial charge in [-0.25, -0.2) is 0 Å². The van der Waals surface area contributed by atoms with E-state index in [2.05, 4.69) is 0 Å². The third-order valence-electron chi connectivity index (χ3n) is 1.40. The summed E-state index contributed by atoms with van der Waals surface area (Å²) in [4.78, 5) is 0. The van der Waals surface area contributed by atoms with Gasteiger partial charge in [0.2, 0.25) is 0 Å². The first-order chi connectivity index (χ1) is 3.30. The van der Waals surface area contributed by atoms with E-state index in [1.54, 1.807) is 0 Å². The molecule has 2 atom stereocenters. The van der Waals surface area contributed by atoms with Crippen molar-refractivity contribution in [2.24, 2.45) is 0 Å². The quantitative estimate of drug-likeness (QED) is 0.476. The van der Waals surface area contributed by atoms with Crippen molar-refractivity contribution < 1.29 is 5.11 Å². The van der Waals surface area contributed by atoms with Gasteiger partial charge in [-0.05, 0) is 19.3 Å². The summed E-state index contributed by atoms with van der Waals surface area (Å²) in [5, 5.41) is 8.91. The normalized spacial score (nSPS) is 42.0. The molecule has 1 aliphatic carbocycles. The minimum Gasteiger partial charge on any atom is -0.392 e. The van der Waals surface area contributed by atoms with Gasteiger partial charge in [0.05, 0.1) is 11.5 Å².